The number of amides is 1. The van der Waals surface area contributed by atoms with Crippen molar-refractivity contribution >= 4 is 33.0 Å². The van der Waals surface area contributed by atoms with Gasteiger partial charge in [-0.05, 0) is 28.3 Å². The van der Waals surface area contributed by atoms with E-state index in [0.717, 1.165) is 28.2 Å². The van der Waals surface area contributed by atoms with Crippen molar-refractivity contribution in [1.82, 2.24) is 14.3 Å². The van der Waals surface area contributed by atoms with Gasteiger partial charge in [-0.15, -0.1) is 11.3 Å². The van der Waals surface area contributed by atoms with Gasteiger partial charge >= 0.3 is 0 Å². The smallest absolute Gasteiger partial charge is 0.223 e. The van der Waals surface area contributed by atoms with Crippen LogP contribution in [-0.4, -0.2) is 26.7 Å². The summed E-state index contributed by atoms with van der Waals surface area (Å²) in [4.78, 5) is 20.9. The van der Waals surface area contributed by atoms with E-state index in [9.17, 15) is 4.79 Å². The lowest BCUT2D eigenvalue weighted by atomic mass is 10.1. The van der Waals surface area contributed by atoms with Gasteiger partial charge in [0.1, 0.15) is 0 Å². The van der Waals surface area contributed by atoms with Crippen LogP contribution in [0.25, 0.3) is 27.0 Å². The highest BCUT2D eigenvalue weighted by Crippen LogP contribution is 2.27. The number of carbonyl (C=O) groups is 1. The molecule has 0 fully saturated rings. The van der Waals surface area contributed by atoms with E-state index in [0.29, 0.717) is 25.4 Å². The van der Waals surface area contributed by atoms with Crippen LogP contribution < -0.4 is 0 Å². The molecule has 34 heavy (non-hydrogen) atoms. The summed E-state index contributed by atoms with van der Waals surface area (Å²) >= 11 is 1.66. The third kappa shape index (κ3) is 4.90. The molecule has 0 aliphatic carbocycles. The first-order valence-corrected chi connectivity index (χ1v) is 12.7. The molecule has 0 saturated carbocycles. The summed E-state index contributed by atoms with van der Waals surface area (Å²) in [7, 11) is 0. The maximum Gasteiger partial charge on any atom is 0.223 e. The molecule has 2 aromatic heterocycles. The van der Waals surface area contributed by atoms with Crippen LogP contribution in [0.1, 0.15) is 31.5 Å². The molecule has 0 aliphatic rings. The molecule has 172 valence electrons. The molecule has 0 spiro atoms. The molecule has 0 saturated heterocycles. The molecule has 3 aromatic carbocycles. The van der Waals surface area contributed by atoms with E-state index in [2.05, 4.69) is 84.4 Å². The van der Waals surface area contributed by atoms with Gasteiger partial charge in [0.2, 0.25) is 5.91 Å². The number of imidazole rings is 1. The molecule has 2 heterocycles. The third-order valence-electron chi connectivity index (χ3n) is 6.12. The van der Waals surface area contributed by atoms with Crippen LogP contribution in [0.4, 0.5) is 0 Å². The molecular weight excluding hydrogens is 438 g/mol. The van der Waals surface area contributed by atoms with Gasteiger partial charge in [0, 0.05) is 48.8 Å². The van der Waals surface area contributed by atoms with Gasteiger partial charge in [-0.25, -0.2) is 4.98 Å². The summed E-state index contributed by atoms with van der Waals surface area (Å²) in [5, 5.41) is 4.62. The van der Waals surface area contributed by atoms with Crippen LogP contribution in [0.15, 0.2) is 84.4 Å². The summed E-state index contributed by atoms with van der Waals surface area (Å²) in [6.07, 6.45) is 3.50. The predicted octanol–water partition coefficient (Wildman–Crippen LogP) is 6.83. The maximum atomic E-state index is 13.0. The summed E-state index contributed by atoms with van der Waals surface area (Å²) in [5.41, 5.74) is 4.46. The van der Waals surface area contributed by atoms with Crippen molar-refractivity contribution in [3.8, 4) is 11.3 Å². The molecule has 0 bridgehead atoms. The van der Waals surface area contributed by atoms with E-state index >= 15 is 0 Å². The number of hydrogen-bond donors (Lipinski definition) is 0. The number of benzene rings is 3. The zero-order valence-corrected chi connectivity index (χ0v) is 20.5. The van der Waals surface area contributed by atoms with Gasteiger partial charge in [0.25, 0.3) is 0 Å². The van der Waals surface area contributed by atoms with Crippen LogP contribution >= 0.6 is 11.3 Å². The Morgan fingerprint density at radius 2 is 1.76 bits per heavy atom. The standard InChI is InChI=1S/C29H29N3OS/c1-21(2)16-28(33)31(18-22-8-4-3-5-9-22)15-14-26-20-34-29-30-27(19-32(26)29)25-13-12-23-10-6-7-11-24(23)17-25/h3-13,17,19-21H,14-16,18H2,1-2H3. The van der Waals surface area contributed by atoms with Crippen LogP contribution in [0, 0.1) is 5.92 Å². The Bertz CT molecular complexity index is 1420. The zero-order valence-electron chi connectivity index (χ0n) is 19.6. The molecule has 0 atom stereocenters. The van der Waals surface area contributed by atoms with E-state index in [1.807, 2.05) is 23.1 Å². The average molecular weight is 468 g/mol. The van der Waals surface area contributed by atoms with Crippen LogP contribution in [0.3, 0.4) is 0 Å². The van der Waals surface area contributed by atoms with Crippen LogP contribution in [0.2, 0.25) is 0 Å². The Kier molecular flexibility index (Phi) is 6.45. The minimum absolute atomic E-state index is 0.216. The van der Waals surface area contributed by atoms with Crippen molar-refractivity contribution in [2.24, 2.45) is 5.92 Å². The van der Waals surface area contributed by atoms with Gasteiger partial charge in [-0.1, -0.05) is 80.6 Å². The Morgan fingerprint density at radius 3 is 2.56 bits per heavy atom. The molecular formula is C29H29N3OS. The molecule has 5 heteroatoms. The number of aromatic nitrogens is 2. The summed E-state index contributed by atoms with van der Waals surface area (Å²) < 4.78 is 2.18. The Labute approximate surface area is 204 Å². The quantitative estimate of drug-likeness (QED) is 0.251. The monoisotopic (exact) mass is 467 g/mol. The zero-order chi connectivity index (χ0) is 23.5. The summed E-state index contributed by atoms with van der Waals surface area (Å²) in [5.74, 6) is 0.560. The van der Waals surface area contributed by atoms with Crippen molar-refractivity contribution in [1.29, 1.82) is 0 Å². The SMILES string of the molecule is CC(C)CC(=O)N(CCc1csc2nc(-c3ccc4ccccc4c3)cn12)Cc1ccccc1. The minimum Gasteiger partial charge on any atom is -0.338 e. The number of fused-ring (bicyclic) bond motifs is 2. The highest BCUT2D eigenvalue weighted by molar-refractivity contribution is 7.15. The van der Waals surface area contributed by atoms with E-state index in [1.54, 1.807) is 11.3 Å². The first kappa shape index (κ1) is 22.4. The van der Waals surface area contributed by atoms with Crippen molar-refractivity contribution in [2.45, 2.75) is 33.2 Å². The second-order valence-corrected chi connectivity index (χ2v) is 10.1. The minimum atomic E-state index is 0.216. The fraction of sp³-hybridized carbons (Fsp3) is 0.241. The van der Waals surface area contributed by atoms with E-state index < -0.39 is 0 Å². The number of carbonyl (C=O) groups excluding carboxylic acids is 1. The molecule has 0 aliphatic heterocycles. The van der Waals surface area contributed by atoms with Gasteiger partial charge in [0.05, 0.1) is 5.69 Å². The summed E-state index contributed by atoms with van der Waals surface area (Å²) in [6, 6.07) is 25.1. The summed E-state index contributed by atoms with van der Waals surface area (Å²) in [6.45, 7) is 5.53. The topological polar surface area (TPSA) is 37.6 Å². The fourth-order valence-electron chi connectivity index (χ4n) is 4.32. The van der Waals surface area contributed by atoms with Crippen LogP contribution in [0.5, 0.6) is 0 Å². The van der Waals surface area contributed by atoms with Crippen LogP contribution in [-0.2, 0) is 17.8 Å². The molecule has 5 aromatic rings. The van der Waals surface area contributed by atoms with E-state index in [4.69, 9.17) is 4.98 Å². The lowest BCUT2D eigenvalue weighted by Crippen LogP contribution is -2.33. The van der Waals surface area contributed by atoms with Crippen molar-refractivity contribution in [2.75, 3.05) is 6.54 Å². The van der Waals surface area contributed by atoms with Gasteiger partial charge in [-0.2, -0.15) is 0 Å². The van der Waals surface area contributed by atoms with Gasteiger partial charge < -0.3 is 4.90 Å². The first-order chi connectivity index (χ1) is 16.6. The Hall–Kier alpha value is -3.44. The molecule has 5 rings (SSSR count). The predicted molar refractivity (Wildman–Crippen MR) is 141 cm³/mol. The Morgan fingerprint density at radius 1 is 1.00 bits per heavy atom. The van der Waals surface area contributed by atoms with Crippen molar-refractivity contribution in [3.63, 3.8) is 0 Å². The van der Waals surface area contributed by atoms with Crippen molar-refractivity contribution < 1.29 is 4.79 Å². The lowest BCUT2D eigenvalue weighted by Gasteiger charge is -2.24. The average Bonchev–Trinajstić information content (AvgIpc) is 3.43. The highest BCUT2D eigenvalue weighted by atomic mass is 32.1. The molecule has 0 radical (unpaired) electrons. The van der Waals surface area contributed by atoms with Crippen molar-refractivity contribution in [3.05, 3.63) is 95.6 Å². The number of nitrogens with zero attached hydrogens (tertiary/aromatic N) is 3. The lowest BCUT2D eigenvalue weighted by molar-refractivity contribution is -0.132. The third-order valence-corrected chi connectivity index (χ3v) is 7.01. The van der Waals surface area contributed by atoms with Gasteiger partial charge in [0.15, 0.2) is 4.96 Å². The Balaban J connectivity index is 1.36. The molecule has 0 unspecified atom stereocenters. The maximum absolute atomic E-state index is 13.0. The van der Waals surface area contributed by atoms with E-state index in [1.165, 1.54) is 16.5 Å². The normalized spacial score (nSPS) is 11.5. The molecule has 0 N–H and O–H groups in total. The number of hydrogen-bond acceptors (Lipinski definition) is 3. The highest BCUT2D eigenvalue weighted by Gasteiger charge is 2.17. The second-order valence-electron chi connectivity index (χ2n) is 9.22. The largest absolute Gasteiger partial charge is 0.338 e. The van der Waals surface area contributed by atoms with E-state index in [-0.39, 0.29) is 5.91 Å². The second kappa shape index (κ2) is 9.82. The molecule has 1 amide bonds. The van der Waals surface area contributed by atoms with Gasteiger partial charge in [-0.3, -0.25) is 9.20 Å². The fourth-order valence-corrected chi connectivity index (χ4v) is 5.23. The molecule has 4 nitrogen and oxygen atoms in total. The first-order valence-electron chi connectivity index (χ1n) is 11.8. The number of rotatable bonds is 8. The number of thiazole rings is 1.